The van der Waals surface area contributed by atoms with Crippen molar-refractivity contribution in [1.82, 2.24) is 0 Å². The molecule has 2 aromatic rings. The predicted molar refractivity (Wildman–Crippen MR) is 110 cm³/mol. The number of methoxy groups -OCH3 is 1. The van der Waals surface area contributed by atoms with E-state index in [1.165, 1.54) is 55.2 Å². The Morgan fingerprint density at radius 3 is 2.78 bits per heavy atom. The maximum atomic E-state index is 5.78. The summed E-state index contributed by atoms with van der Waals surface area (Å²) in [6, 6.07) is 6.41. The average molecular weight is 351 g/mol. The molecule has 1 aliphatic heterocycles. The van der Waals surface area contributed by atoms with Crippen LogP contribution in [0.15, 0.2) is 47.1 Å². The number of ether oxygens (including phenoxy) is 1. The maximum Gasteiger partial charge on any atom is 0.127 e. The van der Waals surface area contributed by atoms with Crippen molar-refractivity contribution in [3.63, 3.8) is 0 Å². The highest BCUT2D eigenvalue weighted by Crippen LogP contribution is 2.42. The fraction of sp³-hybridized carbons (Fsp3) is 0.240. The molecule has 6 rings (SSSR count). The summed E-state index contributed by atoms with van der Waals surface area (Å²) in [4.78, 5) is 5.12. The number of fused-ring (bicyclic) bond motifs is 9. The topological polar surface area (TPSA) is 21.6 Å². The van der Waals surface area contributed by atoms with E-state index in [1.54, 1.807) is 7.11 Å². The molecule has 3 aliphatic carbocycles. The molecule has 0 bridgehead atoms. The Morgan fingerprint density at radius 1 is 0.963 bits per heavy atom. The molecule has 2 heteroatoms. The first-order chi connectivity index (χ1) is 13.4. The Morgan fingerprint density at radius 2 is 1.85 bits per heavy atom. The molecule has 0 spiro atoms. The van der Waals surface area contributed by atoms with Gasteiger partial charge in [0.05, 0.1) is 18.2 Å². The predicted octanol–water partition coefficient (Wildman–Crippen LogP) is 4.35. The average Bonchev–Trinajstić information content (AvgIpc) is 3.13. The summed E-state index contributed by atoms with van der Waals surface area (Å²) in [5.74, 6) is 0.971. The third kappa shape index (κ3) is 1.98. The molecule has 0 saturated carbocycles. The normalized spacial score (nSPS) is 18.0. The van der Waals surface area contributed by atoms with Crippen LogP contribution in [0.5, 0.6) is 5.75 Å². The van der Waals surface area contributed by atoms with Gasteiger partial charge in [-0.05, 0) is 66.5 Å². The van der Waals surface area contributed by atoms with E-state index in [-0.39, 0.29) is 0 Å². The zero-order chi connectivity index (χ0) is 18.0. The molecule has 27 heavy (non-hydrogen) atoms. The monoisotopic (exact) mass is 351 g/mol. The Bertz CT molecular complexity index is 1220. The van der Waals surface area contributed by atoms with Crippen molar-refractivity contribution in [3.8, 4) is 16.9 Å². The zero-order valence-corrected chi connectivity index (χ0v) is 15.5. The van der Waals surface area contributed by atoms with Crippen molar-refractivity contribution in [2.24, 2.45) is 4.99 Å². The lowest BCUT2D eigenvalue weighted by atomic mass is 9.79. The van der Waals surface area contributed by atoms with E-state index < -0.39 is 0 Å². The summed E-state index contributed by atoms with van der Waals surface area (Å²) in [5, 5.41) is 2.50. The fourth-order valence-electron chi connectivity index (χ4n) is 5.15. The largest absolute Gasteiger partial charge is 0.496 e. The molecule has 0 atom stereocenters. The summed E-state index contributed by atoms with van der Waals surface area (Å²) in [5.41, 5.74) is 10.9. The van der Waals surface area contributed by atoms with Crippen molar-refractivity contribution in [2.75, 3.05) is 7.11 Å². The molecule has 2 aromatic carbocycles. The van der Waals surface area contributed by atoms with E-state index in [0.717, 1.165) is 37.9 Å². The molecule has 132 valence electrons. The molecule has 0 unspecified atom stereocenters. The number of hydrogen-bond acceptors (Lipinski definition) is 2. The number of allylic oxidation sites excluding steroid dienone is 4. The van der Waals surface area contributed by atoms with E-state index in [0.29, 0.717) is 0 Å². The van der Waals surface area contributed by atoms with Gasteiger partial charge in [0.2, 0.25) is 0 Å². The van der Waals surface area contributed by atoms with Crippen LogP contribution < -0.4 is 15.3 Å². The number of benzene rings is 2. The van der Waals surface area contributed by atoms with Gasteiger partial charge in [0, 0.05) is 21.9 Å². The second kappa shape index (κ2) is 5.56. The minimum absolute atomic E-state index is 0.935. The number of hydrogen-bond donors (Lipinski definition) is 0. The maximum absolute atomic E-state index is 5.78. The van der Waals surface area contributed by atoms with Crippen LogP contribution in [0.2, 0.25) is 0 Å². The highest BCUT2D eigenvalue weighted by atomic mass is 16.5. The van der Waals surface area contributed by atoms with Crippen molar-refractivity contribution in [1.29, 1.82) is 0 Å². The van der Waals surface area contributed by atoms with E-state index in [1.807, 2.05) is 0 Å². The SMILES string of the molecule is COc1cccc2c1-c1c3c(c4c(c1=CC2)=NC1=C4CCC=C1)CCC=C3. The lowest BCUT2D eigenvalue weighted by Crippen LogP contribution is -2.34. The van der Waals surface area contributed by atoms with Crippen molar-refractivity contribution in [2.45, 2.75) is 32.1 Å². The molecule has 0 amide bonds. The third-order valence-corrected chi connectivity index (χ3v) is 6.29. The summed E-state index contributed by atoms with van der Waals surface area (Å²) < 4.78 is 5.78. The van der Waals surface area contributed by atoms with Gasteiger partial charge >= 0.3 is 0 Å². The molecule has 0 aromatic heterocycles. The van der Waals surface area contributed by atoms with Gasteiger partial charge in [0.15, 0.2) is 0 Å². The molecular weight excluding hydrogens is 330 g/mol. The first kappa shape index (κ1) is 15.2. The fourth-order valence-corrected chi connectivity index (χ4v) is 5.15. The Hall–Kier alpha value is -2.87. The van der Waals surface area contributed by atoms with Gasteiger partial charge in [0.25, 0.3) is 0 Å². The first-order valence-corrected chi connectivity index (χ1v) is 9.87. The smallest absolute Gasteiger partial charge is 0.127 e. The lowest BCUT2D eigenvalue weighted by molar-refractivity contribution is 0.416. The van der Waals surface area contributed by atoms with Gasteiger partial charge in [-0.1, -0.05) is 36.4 Å². The zero-order valence-electron chi connectivity index (χ0n) is 15.5. The summed E-state index contributed by atoms with van der Waals surface area (Å²) in [7, 11) is 1.78. The van der Waals surface area contributed by atoms with Gasteiger partial charge in [-0.15, -0.1) is 0 Å². The molecule has 2 nitrogen and oxygen atoms in total. The van der Waals surface area contributed by atoms with Gasteiger partial charge in [-0.25, -0.2) is 4.99 Å². The second-order valence-corrected chi connectivity index (χ2v) is 7.66. The molecule has 1 heterocycles. The Kier molecular flexibility index (Phi) is 3.13. The minimum Gasteiger partial charge on any atom is -0.496 e. The van der Waals surface area contributed by atoms with E-state index >= 15 is 0 Å². The van der Waals surface area contributed by atoms with Crippen LogP contribution in [0.3, 0.4) is 0 Å². The van der Waals surface area contributed by atoms with Crippen molar-refractivity contribution >= 4 is 17.7 Å². The van der Waals surface area contributed by atoms with Gasteiger partial charge in [-0.2, -0.15) is 0 Å². The van der Waals surface area contributed by atoms with Crippen LogP contribution in [0.25, 0.3) is 28.9 Å². The van der Waals surface area contributed by atoms with Gasteiger partial charge in [-0.3, -0.25) is 0 Å². The van der Waals surface area contributed by atoms with E-state index in [2.05, 4.69) is 48.6 Å². The van der Waals surface area contributed by atoms with Crippen LogP contribution in [0.4, 0.5) is 0 Å². The molecule has 0 saturated heterocycles. The van der Waals surface area contributed by atoms with Crippen LogP contribution in [-0.2, 0) is 12.8 Å². The molecule has 0 radical (unpaired) electrons. The Balaban J connectivity index is 1.79. The van der Waals surface area contributed by atoms with Crippen LogP contribution >= 0.6 is 0 Å². The number of nitrogens with zero attached hydrogens (tertiary/aromatic N) is 1. The number of rotatable bonds is 1. The molecule has 0 N–H and O–H groups in total. The van der Waals surface area contributed by atoms with Crippen molar-refractivity contribution in [3.05, 3.63) is 75.0 Å². The van der Waals surface area contributed by atoms with Gasteiger partial charge < -0.3 is 4.74 Å². The molecule has 0 fully saturated rings. The quantitative estimate of drug-likeness (QED) is 0.748. The van der Waals surface area contributed by atoms with Crippen LogP contribution in [0.1, 0.15) is 41.5 Å². The van der Waals surface area contributed by atoms with Gasteiger partial charge in [0.1, 0.15) is 5.75 Å². The highest BCUT2D eigenvalue weighted by molar-refractivity contribution is 5.90. The highest BCUT2D eigenvalue weighted by Gasteiger charge is 2.29. The van der Waals surface area contributed by atoms with Crippen LogP contribution in [0, 0.1) is 0 Å². The first-order valence-electron chi connectivity index (χ1n) is 9.87. The summed E-state index contributed by atoms with van der Waals surface area (Å²) in [6.07, 6.45) is 16.9. The molecular formula is C25H21NO. The minimum atomic E-state index is 0.935. The lowest BCUT2D eigenvalue weighted by Gasteiger charge is -2.25. The van der Waals surface area contributed by atoms with Crippen LogP contribution in [-0.4, -0.2) is 7.11 Å². The Labute approximate surface area is 158 Å². The van der Waals surface area contributed by atoms with E-state index in [4.69, 9.17) is 9.73 Å². The van der Waals surface area contributed by atoms with E-state index in [9.17, 15) is 0 Å². The van der Waals surface area contributed by atoms with Crippen molar-refractivity contribution < 1.29 is 4.74 Å². The standard InChI is InChI=1S/C25H21NO/c1-27-21-12-6-7-15-13-14-19-23(22(15)21)16-8-2-3-9-17(16)24-18-10-4-5-11-20(18)26-25(19)24/h2,5-8,11-12,14H,3-4,9-10,13H2,1H3. The third-order valence-electron chi connectivity index (χ3n) is 6.29. The second-order valence-electron chi connectivity index (χ2n) is 7.66. The summed E-state index contributed by atoms with van der Waals surface area (Å²) in [6.45, 7) is 0. The summed E-state index contributed by atoms with van der Waals surface area (Å²) >= 11 is 0. The molecule has 4 aliphatic rings.